The van der Waals surface area contributed by atoms with Crippen LogP contribution < -0.4 is 0 Å². The highest BCUT2D eigenvalue weighted by Crippen LogP contribution is 2.27. The van der Waals surface area contributed by atoms with Gasteiger partial charge >= 0.3 is 0 Å². The van der Waals surface area contributed by atoms with Gasteiger partial charge in [-0.3, -0.25) is 4.21 Å². The fourth-order valence-corrected chi connectivity index (χ4v) is 4.94. The monoisotopic (exact) mass is 192 g/mol. The first-order valence-electron chi connectivity index (χ1n) is 4.19. The van der Waals surface area contributed by atoms with Gasteiger partial charge < -0.3 is 0 Å². The van der Waals surface area contributed by atoms with E-state index >= 15 is 0 Å². The Hall–Kier alpha value is 0.500. The molecule has 1 aliphatic heterocycles. The molecule has 0 bridgehead atoms. The van der Waals surface area contributed by atoms with Crippen molar-refractivity contribution < 1.29 is 4.21 Å². The van der Waals surface area contributed by atoms with Gasteiger partial charge in [0.25, 0.3) is 0 Å². The van der Waals surface area contributed by atoms with Crippen molar-refractivity contribution in [3.63, 3.8) is 0 Å². The molecular weight excluding hydrogens is 176 g/mol. The van der Waals surface area contributed by atoms with E-state index in [1.165, 1.54) is 5.75 Å². The maximum absolute atomic E-state index is 11.4. The first kappa shape index (κ1) is 9.59. The summed E-state index contributed by atoms with van der Waals surface area (Å²) in [5.41, 5.74) is 0. The Balaban J connectivity index is 2.36. The van der Waals surface area contributed by atoms with Gasteiger partial charge in [0.05, 0.1) is 4.58 Å². The van der Waals surface area contributed by atoms with Crippen molar-refractivity contribution >= 4 is 22.6 Å². The molecule has 3 heteroatoms. The lowest BCUT2D eigenvalue weighted by molar-refractivity contribution is 0.604. The van der Waals surface area contributed by atoms with Crippen molar-refractivity contribution in [2.24, 2.45) is 5.92 Å². The maximum Gasteiger partial charge on any atom is 0.0803 e. The van der Waals surface area contributed by atoms with Gasteiger partial charge in [0.2, 0.25) is 0 Å². The quantitative estimate of drug-likeness (QED) is 0.667. The molecule has 1 heterocycles. The molecule has 0 aromatic carbocycles. The molecule has 0 radical (unpaired) electrons. The van der Waals surface area contributed by atoms with Crippen LogP contribution in [-0.4, -0.2) is 20.3 Å². The molecule has 66 valence electrons. The molecular formula is C8H16OS2. The van der Waals surface area contributed by atoms with Crippen molar-refractivity contribution in [3.05, 3.63) is 0 Å². The molecule has 0 aliphatic carbocycles. The van der Waals surface area contributed by atoms with Gasteiger partial charge in [0, 0.05) is 16.6 Å². The van der Waals surface area contributed by atoms with Crippen LogP contribution in [-0.2, 0) is 10.8 Å². The summed E-state index contributed by atoms with van der Waals surface area (Å²) in [4.78, 5) is 0. The molecule has 1 saturated heterocycles. The molecule has 1 fully saturated rings. The zero-order chi connectivity index (χ0) is 8.27. The molecule has 1 aliphatic rings. The highest BCUT2D eigenvalue weighted by Gasteiger charge is 2.21. The second kappa shape index (κ2) is 4.51. The van der Waals surface area contributed by atoms with Crippen LogP contribution in [0, 0.1) is 5.92 Å². The topological polar surface area (TPSA) is 17.1 Å². The fraction of sp³-hybridized carbons (Fsp3) is 1.00. The van der Waals surface area contributed by atoms with Crippen LogP contribution in [0.3, 0.4) is 0 Å². The summed E-state index contributed by atoms with van der Waals surface area (Å²) in [7, 11) is -0.536. The van der Waals surface area contributed by atoms with Gasteiger partial charge in [-0.15, -0.1) is 11.8 Å². The Labute approximate surface area is 75.8 Å². The van der Waals surface area contributed by atoms with Crippen LogP contribution in [0.15, 0.2) is 0 Å². The summed E-state index contributed by atoms with van der Waals surface area (Å²) in [6, 6.07) is 0. The first-order valence-corrected chi connectivity index (χ1v) is 6.62. The van der Waals surface area contributed by atoms with Crippen LogP contribution in [0.1, 0.15) is 26.7 Å². The molecule has 1 nitrogen and oxygen atoms in total. The minimum absolute atomic E-state index is 0.434. The van der Waals surface area contributed by atoms with Gasteiger partial charge in [-0.05, 0) is 24.5 Å². The van der Waals surface area contributed by atoms with E-state index < -0.39 is 10.8 Å². The van der Waals surface area contributed by atoms with Crippen molar-refractivity contribution in [2.45, 2.75) is 31.3 Å². The third-order valence-corrected chi connectivity index (χ3v) is 5.36. The molecule has 0 aromatic heterocycles. The smallest absolute Gasteiger partial charge is 0.0803 e. The van der Waals surface area contributed by atoms with Crippen LogP contribution in [0.5, 0.6) is 0 Å². The number of thioether (sulfide) groups is 1. The zero-order valence-electron chi connectivity index (χ0n) is 7.21. The molecule has 0 spiro atoms. The number of hydrogen-bond donors (Lipinski definition) is 0. The van der Waals surface area contributed by atoms with Crippen molar-refractivity contribution in [1.29, 1.82) is 0 Å². The summed E-state index contributed by atoms with van der Waals surface area (Å²) >= 11 is 1.90. The third-order valence-electron chi connectivity index (χ3n) is 1.75. The van der Waals surface area contributed by atoms with Gasteiger partial charge in [-0.2, -0.15) is 0 Å². The second-order valence-electron chi connectivity index (χ2n) is 3.37. The van der Waals surface area contributed by atoms with Gasteiger partial charge in [0.15, 0.2) is 0 Å². The van der Waals surface area contributed by atoms with E-state index in [0.717, 1.165) is 18.6 Å². The summed E-state index contributed by atoms with van der Waals surface area (Å²) < 4.78 is 11.9. The number of hydrogen-bond acceptors (Lipinski definition) is 2. The van der Waals surface area contributed by atoms with Crippen molar-refractivity contribution in [3.8, 4) is 0 Å². The SMILES string of the molecule is CC(C)C[C@H]1SCCC[S@@]1=O. The normalized spacial score (nSPS) is 32.6. The third kappa shape index (κ3) is 3.16. The summed E-state index contributed by atoms with van der Waals surface area (Å²) in [5, 5.41) is 0. The van der Waals surface area contributed by atoms with Crippen LogP contribution in [0.2, 0.25) is 0 Å². The highest BCUT2D eigenvalue weighted by molar-refractivity contribution is 8.11. The minimum atomic E-state index is -0.536. The second-order valence-corrected chi connectivity index (χ2v) is 6.72. The zero-order valence-corrected chi connectivity index (χ0v) is 8.84. The van der Waals surface area contributed by atoms with Crippen LogP contribution in [0.25, 0.3) is 0 Å². The van der Waals surface area contributed by atoms with E-state index in [1.54, 1.807) is 0 Å². The Morgan fingerprint density at radius 3 is 2.91 bits per heavy atom. The standard InChI is InChI=1S/C8H16OS2/c1-7(2)6-8-10-4-3-5-11(8)9/h7-8H,3-6H2,1-2H3/t8-,11-/m0/s1. The summed E-state index contributed by atoms with van der Waals surface area (Å²) in [5.74, 6) is 2.84. The van der Waals surface area contributed by atoms with E-state index in [4.69, 9.17) is 0 Å². The molecule has 0 aromatic rings. The molecule has 2 atom stereocenters. The molecule has 1 rings (SSSR count). The van der Waals surface area contributed by atoms with E-state index in [2.05, 4.69) is 13.8 Å². The Morgan fingerprint density at radius 2 is 2.36 bits per heavy atom. The molecule has 0 amide bonds. The molecule has 0 N–H and O–H groups in total. The summed E-state index contributed by atoms with van der Waals surface area (Å²) in [6.07, 6.45) is 2.27. The predicted octanol–water partition coefficient (Wildman–Crippen LogP) is 2.24. The molecule has 0 unspecified atom stereocenters. The van der Waals surface area contributed by atoms with E-state index in [1.807, 2.05) is 11.8 Å². The van der Waals surface area contributed by atoms with Gasteiger partial charge in [-0.25, -0.2) is 0 Å². The molecule has 0 saturated carbocycles. The lowest BCUT2D eigenvalue weighted by atomic mass is 10.2. The van der Waals surface area contributed by atoms with Crippen LogP contribution >= 0.6 is 11.8 Å². The Kier molecular flexibility index (Phi) is 3.93. The maximum atomic E-state index is 11.4. The van der Waals surface area contributed by atoms with E-state index in [-0.39, 0.29) is 0 Å². The van der Waals surface area contributed by atoms with Crippen molar-refractivity contribution in [1.82, 2.24) is 0 Å². The largest absolute Gasteiger partial charge is 0.258 e. The lowest BCUT2D eigenvalue weighted by Gasteiger charge is -2.22. The van der Waals surface area contributed by atoms with E-state index in [0.29, 0.717) is 10.5 Å². The van der Waals surface area contributed by atoms with Gasteiger partial charge in [0.1, 0.15) is 0 Å². The summed E-state index contributed by atoms with van der Waals surface area (Å²) in [6.45, 7) is 4.40. The Morgan fingerprint density at radius 1 is 1.64 bits per heavy atom. The van der Waals surface area contributed by atoms with Gasteiger partial charge in [-0.1, -0.05) is 13.8 Å². The minimum Gasteiger partial charge on any atom is -0.258 e. The average molecular weight is 192 g/mol. The average Bonchev–Trinajstić information content (AvgIpc) is 1.93. The van der Waals surface area contributed by atoms with Crippen molar-refractivity contribution in [2.75, 3.05) is 11.5 Å². The van der Waals surface area contributed by atoms with E-state index in [9.17, 15) is 4.21 Å². The van der Waals surface area contributed by atoms with Crippen LogP contribution in [0.4, 0.5) is 0 Å². The predicted molar refractivity (Wildman–Crippen MR) is 53.3 cm³/mol. The Bertz CT molecular complexity index is 145. The highest BCUT2D eigenvalue weighted by atomic mass is 32.2. The lowest BCUT2D eigenvalue weighted by Crippen LogP contribution is -2.21. The first-order chi connectivity index (χ1) is 5.20. The number of rotatable bonds is 2. The molecule has 11 heavy (non-hydrogen) atoms. The fourth-order valence-electron chi connectivity index (χ4n) is 1.18.